The van der Waals surface area contributed by atoms with E-state index in [0.717, 1.165) is 0 Å². The van der Waals surface area contributed by atoms with Crippen molar-refractivity contribution < 1.29 is 27.4 Å². The summed E-state index contributed by atoms with van der Waals surface area (Å²) in [5.74, 6) is 0.617. The number of carbonyl (C=O) groups is 1. The van der Waals surface area contributed by atoms with Crippen molar-refractivity contribution in [2.75, 3.05) is 51.1 Å². The number of anilines is 1. The van der Waals surface area contributed by atoms with Gasteiger partial charge in [0, 0.05) is 32.0 Å². The molecule has 144 valence electrons. The van der Waals surface area contributed by atoms with Gasteiger partial charge in [-0.1, -0.05) is 0 Å². The van der Waals surface area contributed by atoms with Crippen LogP contribution in [0.15, 0.2) is 18.2 Å². The Morgan fingerprint density at radius 3 is 2.85 bits per heavy atom. The summed E-state index contributed by atoms with van der Waals surface area (Å²) in [6, 6.07) is 5.23. The van der Waals surface area contributed by atoms with E-state index < -0.39 is 10.0 Å². The van der Waals surface area contributed by atoms with Crippen LogP contribution in [0.5, 0.6) is 11.5 Å². The Labute approximate surface area is 153 Å². The zero-order chi connectivity index (χ0) is 18.6. The molecule has 0 radical (unpaired) electrons. The number of hydrogen-bond acceptors (Lipinski definition) is 6. The van der Waals surface area contributed by atoms with Crippen molar-refractivity contribution in [3.8, 4) is 11.5 Å². The number of rotatable bonds is 6. The van der Waals surface area contributed by atoms with Gasteiger partial charge in [0.2, 0.25) is 15.9 Å². The van der Waals surface area contributed by atoms with Gasteiger partial charge in [-0.15, -0.1) is 0 Å². The first kappa shape index (κ1) is 18.9. The normalized spacial score (nSPS) is 20.6. The largest absolute Gasteiger partial charge is 0.486 e. The van der Waals surface area contributed by atoms with E-state index in [2.05, 4.69) is 5.32 Å². The minimum Gasteiger partial charge on any atom is -0.486 e. The molecule has 1 atom stereocenters. The fourth-order valence-electron chi connectivity index (χ4n) is 3.09. The zero-order valence-electron chi connectivity index (χ0n) is 14.8. The number of piperidine rings is 1. The summed E-state index contributed by atoms with van der Waals surface area (Å²) in [5, 5.41) is 2.86. The van der Waals surface area contributed by atoms with E-state index in [1.54, 1.807) is 18.2 Å². The zero-order valence-corrected chi connectivity index (χ0v) is 15.6. The number of nitrogens with one attached hydrogen (secondary N) is 1. The molecule has 0 aromatic heterocycles. The molecule has 9 heteroatoms. The first-order chi connectivity index (χ1) is 12.5. The highest BCUT2D eigenvalue weighted by Crippen LogP contribution is 2.33. The molecular formula is C17H24N2O6S. The summed E-state index contributed by atoms with van der Waals surface area (Å²) in [7, 11) is -1.94. The molecule has 2 aliphatic rings. The Morgan fingerprint density at radius 2 is 2.08 bits per heavy atom. The molecule has 0 bridgehead atoms. The van der Waals surface area contributed by atoms with E-state index in [4.69, 9.17) is 14.2 Å². The van der Waals surface area contributed by atoms with Crippen molar-refractivity contribution in [1.29, 1.82) is 0 Å². The monoisotopic (exact) mass is 384 g/mol. The number of fused-ring (bicyclic) bond motifs is 1. The van der Waals surface area contributed by atoms with Crippen LogP contribution in [0.3, 0.4) is 0 Å². The van der Waals surface area contributed by atoms with Crippen LogP contribution in [-0.2, 0) is 19.6 Å². The van der Waals surface area contributed by atoms with Crippen LogP contribution in [0.4, 0.5) is 5.69 Å². The van der Waals surface area contributed by atoms with Gasteiger partial charge in [-0.25, -0.2) is 12.7 Å². The van der Waals surface area contributed by atoms with Gasteiger partial charge in [0.25, 0.3) is 0 Å². The predicted octanol–water partition coefficient (Wildman–Crippen LogP) is 1.08. The molecule has 1 fully saturated rings. The smallest absolute Gasteiger partial charge is 0.228 e. The number of carbonyl (C=O) groups excluding carboxylic acids is 1. The lowest BCUT2D eigenvalue weighted by molar-refractivity contribution is -0.120. The maximum atomic E-state index is 12.6. The van der Waals surface area contributed by atoms with Crippen molar-refractivity contribution >= 4 is 21.6 Å². The molecule has 0 aliphatic carbocycles. The van der Waals surface area contributed by atoms with Crippen LogP contribution in [0.2, 0.25) is 0 Å². The van der Waals surface area contributed by atoms with Crippen LogP contribution in [0, 0.1) is 5.92 Å². The van der Waals surface area contributed by atoms with Crippen LogP contribution >= 0.6 is 0 Å². The van der Waals surface area contributed by atoms with Gasteiger partial charge in [0.05, 0.1) is 18.3 Å². The third-order valence-electron chi connectivity index (χ3n) is 4.50. The van der Waals surface area contributed by atoms with Gasteiger partial charge in [0.15, 0.2) is 11.5 Å². The second kappa shape index (κ2) is 8.24. The minimum absolute atomic E-state index is 0.0694. The van der Waals surface area contributed by atoms with E-state index >= 15 is 0 Å². The van der Waals surface area contributed by atoms with E-state index in [1.165, 1.54) is 11.4 Å². The lowest BCUT2D eigenvalue weighted by Crippen LogP contribution is -2.45. The van der Waals surface area contributed by atoms with Crippen molar-refractivity contribution in [2.45, 2.75) is 12.8 Å². The highest BCUT2D eigenvalue weighted by Gasteiger charge is 2.32. The molecule has 2 aliphatic heterocycles. The van der Waals surface area contributed by atoms with Gasteiger partial charge in [0.1, 0.15) is 13.2 Å². The first-order valence-electron chi connectivity index (χ1n) is 8.67. The van der Waals surface area contributed by atoms with Gasteiger partial charge in [-0.05, 0) is 25.0 Å². The van der Waals surface area contributed by atoms with Gasteiger partial charge < -0.3 is 19.5 Å². The molecule has 1 amide bonds. The van der Waals surface area contributed by atoms with Crippen LogP contribution in [0.25, 0.3) is 0 Å². The molecule has 1 aromatic carbocycles. The van der Waals surface area contributed by atoms with E-state index in [-0.39, 0.29) is 30.7 Å². The summed E-state index contributed by atoms with van der Waals surface area (Å²) in [5.41, 5.74) is 0.610. The van der Waals surface area contributed by atoms with Gasteiger partial charge >= 0.3 is 0 Å². The number of nitrogens with zero attached hydrogens (tertiary/aromatic N) is 1. The summed E-state index contributed by atoms with van der Waals surface area (Å²) < 4.78 is 41.9. The van der Waals surface area contributed by atoms with E-state index in [0.29, 0.717) is 49.8 Å². The first-order valence-corrected chi connectivity index (χ1v) is 10.3. The van der Waals surface area contributed by atoms with Crippen molar-refractivity contribution in [3.63, 3.8) is 0 Å². The number of hydrogen-bond donors (Lipinski definition) is 1. The lowest BCUT2D eigenvalue weighted by atomic mass is 9.98. The van der Waals surface area contributed by atoms with Crippen LogP contribution in [-0.4, -0.2) is 64.4 Å². The van der Waals surface area contributed by atoms with Crippen molar-refractivity contribution in [3.05, 3.63) is 18.2 Å². The maximum Gasteiger partial charge on any atom is 0.228 e. The molecule has 8 nitrogen and oxygen atoms in total. The highest BCUT2D eigenvalue weighted by molar-refractivity contribution is 7.89. The molecule has 1 saturated heterocycles. The standard InChI is InChI=1S/C17H24N2O6S/c1-23-9-10-26(21,22)19-6-2-3-13(12-19)17(20)18-14-4-5-15-16(11-14)25-8-7-24-15/h4-5,11,13H,2-3,6-10,12H2,1H3,(H,18,20). The topological polar surface area (TPSA) is 94.2 Å². The van der Waals surface area contributed by atoms with E-state index in [1.807, 2.05) is 0 Å². The molecule has 2 heterocycles. The van der Waals surface area contributed by atoms with E-state index in [9.17, 15) is 13.2 Å². The van der Waals surface area contributed by atoms with Gasteiger partial charge in [-0.2, -0.15) is 0 Å². The number of sulfonamides is 1. The fraction of sp³-hybridized carbons (Fsp3) is 0.588. The highest BCUT2D eigenvalue weighted by atomic mass is 32.2. The third kappa shape index (κ3) is 4.46. The Morgan fingerprint density at radius 1 is 1.31 bits per heavy atom. The molecule has 26 heavy (non-hydrogen) atoms. The summed E-state index contributed by atoms with van der Waals surface area (Å²) in [4.78, 5) is 12.6. The molecule has 1 N–H and O–H groups in total. The number of ether oxygens (including phenoxy) is 3. The third-order valence-corrected chi connectivity index (χ3v) is 6.30. The Bertz CT molecular complexity index is 752. The second-order valence-electron chi connectivity index (χ2n) is 6.35. The molecule has 3 rings (SSSR count). The fourth-order valence-corrected chi connectivity index (χ4v) is 4.54. The summed E-state index contributed by atoms with van der Waals surface area (Å²) in [6.07, 6.45) is 1.32. The Kier molecular flexibility index (Phi) is 6.00. The summed E-state index contributed by atoms with van der Waals surface area (Å²) >= 11 is 0. The second-order valence-corrected chi connectivity index (χ2v) is 8.44. The number of amides is 1. The van der Waals surface area contributed by atoms with Crippen LogP contribution in [0.1, 0.15) is 12.8 Å². The number of methoxy groups -OCH3 is 1. The Hall–Kier alpha value is -1.84. The average Bonchev–Trinajstić information content (AvgIpc) is 2.66. The SMILES string of the molecule is COCCS(=O)(=O)N1CCCC(C(=O)Nc2ccc3c(c2)OCCO3)C1. The summed E-state index contributed by atoms with van der Waals surface area (Å²) in [6.45, 7) is 1.77. The predicted molar refractivity (Wildman–Crippen MR) is 96.0 cm³/mol. The molecule has 0 spiro atoms. The Balaban J connectivity index is 1.62. The molecule has 1 unspecified atom stereocenters. The minimum atomic E-state index is -3.41. The van der Waals surface area contributed by atoms with Crippen LogP contribution < -0.4 is 14.8 Å². The quantitative estimate of drug-likeness (QED) is 0.789. The van der Waals surface area contributed by atoms with Gasteiger partial charge in [-0.3, -0.25) is 4.79 Å². The lowest BCUT2D eigenvalue weighted by Gasteiger charge is -2.31. The maximum absolute atomic E-state index is 12.6. The molecule has 1 aromatic rings. The molecular weight excluding hydrogens is 360 g/mol. The molecule has 0 saturated carbocycles. The van der Waals surface area contributed by atoms with Crippen molar-refractivity contribution in [1.82, 2.24) is 4.31 Å². The number of benzene rings is 1. The average molecular weight is 384 g/mol. The van der Waals surface area contributed by atoms with Crippen molar-refractivity contribution in [2.24, 2.45) is 5.92 Å².